The van der Waals surface area contributed by atoms with Crippen LogP contribution in [0.1, 0.15) is 37.0 Å². The standard InChI is InChI=1S/C15H24N4O/c1-4-16-14-10-12(5-7-17-14)15(20)18-13-6-8-19(3)11(2)9-13/h5,7,10-11,13H,4,6,8-9H2,1-3H3,(H,16,17)(H,18,20). The van der Waals surface area contributed by atoms with Crippen molar-refractivity contribution in [2.75, 3.05) is 25.5 Å². The zero-order valence-corrected chi connectivity index (χ0v) is 12.5. The first-order valence-electron chi connectivity index (χ1n) is 7.31. The molecule has 5 nitrogen and oxygen atoms in total. The van der Waals surface area contributed by atoms with E-state index in [2.05, 4.69) is 34.5 Å². The van der Waals surface area contributed by atoms with Crippen molar-refractivity contribution in [1.82, 2.24) is 15.2 Å². The number of piperidine rings is 1. The molecular formula is C15H24N4O. The maximum Gasteiger partial charge on any atom is 0.251 e. The lowest BCUT2D eigenvalue weighted by molar-refractivity contribution is 0.0896. The van der Waals surface area contributed by atoms with Crippen LogP contribution >= 0.6 is 0 Å². The Labute approximate surface area is 120 Å². The van der Waals surface area contributed by atoms with Crippen LogP contribution in [0.3, 0.4) is 0 Å². The van der Waals surface area contributed by atoms with Gasteiger partial charge in [0.05, 0.1) is 0 Å². The second-order valence-corrected chi connectivity index (χ2v) is 5.48. The Hall–Kier alpha value is -1.62. The van der Waals surface area contributed by atoms with Gasteiger partial charge in [-0.25, -0.2) is 4.98 Å². The summed E-state index contributed by atoms with van der Waals surface area (Å²) in [4.78, 5) is 18.8. The van der Waals surface area contributed by atoms with Crippen molar-refractivity contribution in [3.05, 3.63) is 23.9 Å². The van der Waals surface area contributed by atoms with Gasteiger partial charge in [0, 0.05) is 36.9 Å². The second kappa shape index (κ2) is 6.70. The largest absolute Gasteiger partial charge is 0.370 e. The fraction of sp³-hybridized carbons (Fsp3) is 0.600. The Bertz CT molecular complexity index is 463. The quantitative estimate of drug-likeness (QED) is 0.879. The molecule has 2 heterocycles. The highest BCUT2D eigenvalue weighted by Crippen LogP contribution is 2.16. The lowest BCUT2D eigenvalue weighted by Gasteiger charge is -2.35. The molecule has 0 saturated carbocycles. The van der Waals surface area contributed by atoms with E-state index in [9.17, 15) is 4.79 Å². The molecule has 1 aromatic rings. The highest BCUT2D eigenvalue weighted by atomic mass is 16.1. The van der Waals surface area contributed by atoms with Crippen LogP contribution in [-0.4, -0.2) is 48.0 Å². The lowest BCUT2D eigenvalue weighted by atomic mass is 9.98. The predicted octanol–water partition coefficient (Wildman–Crippen LogP) is 1.73. The number of aromatic nitrogens is 1. The number of hydrogen-bond donors (Lipinski definition) is 2. The van der Waals surface area contributed by atoms with Crippen LogP contribution in [0.4, 0.5) is 5.82 Å². The number of likely N-dealkylation sites (tertiary alicyclic amines) is 1. The molecule has 2 rings (SSSR count). The van der Waals surface area contributed by atoms with E-state index in [-0.39, 0.29) is 11.9 Å². The number of carbonyl (C=O) groups excluding carboxylic acids is 1. The number of nitrogens with zero attached hydrogens (tertiary/aromatic N) is 2. The van der Waals surface area contributed by atoms with Crippen LogP contribution in [0, 0.1) is 0 Å². The lowest BCUT2D eigenvalue weighted by Crippen LogP contribution is -2.47. The van der Waals surface area contributed by atoms with Crippen LogP contribution in [-0.2, 0) is 0 Å². The van der Waals surface area contributed by atoms with Gasteiger partial charge in [-0.05, 0) is 45.9 Å². The van der Waals surface area contributed by atoms with Gasteiger partial charge in [-0.15, -0.1) is 0 Å². The first-order chi connectivity index (χ1) is 9.60. The van der Waals surface area contributed by atoms with E-state index in [1.165, 1.54) is 0 Å². The number of pyridine rings is 1. The maximum atomic E-state index is 12.3. The minimum Gasteiger partial charge on any atom is -0.370 e. The highest BCUT2D eigenvalue weighted by Gasteiger charge is 2.24. The summed E-state index contributed by atoms with van der Waals surface area (Å²) in [6.07, 6.45) is 3.69. The van der Waals surface area contributed by atoms with Gasteiger partial charge < -0.3 is 15.5 Å². The molecule has 1 amide bonds. The molecule has 2 unspecified atom stereocenters. The van der Waals surface area contributed by atoms with Crippen molar-refractivity contribution in [3.8, 4) is 0 Å². The van der Waals surface area contributed by atoms with Gasteiger partial charge in [0.1, 0.15) is 5.82 Å². The van der Waals surface area contributed by atoms with Gasteiger partial charge in [0.25, 0.3) is 5.91 Å². The molecule has 0 aromatic carbocycles. The molecule has 1 saturated heterocycles. The van der Waals surface area contributed by atoms with Crippen molar-refractivity contribution >= 4 is 11.7 Å². The molecule has 1 fully saturated rings. The number of amides is 1. The minimum atomic E-state index is -0.00620. The van der Waals surface area contributed by atoms with E-state index in [0.717, 1.165) is 31.7 Å². The summed E-state index contributed by atoms with van der Waals surface area (Å²) in [5.74, 6) is 0.741. The Morgan fingerprint density at radius 2 is 2.35 bits per heavy atom. The van der Waals surface area contributed by atoms with Crippen molar-refractivity contribution in [3.63, 3.8) is 0 Å². The third-order valence-electron chi connectivity index (χ3n) is 3.92. The zero-order chi connectivity index (χ0) is 14.5. The molecule has 1 aromatic heterocycles. The van der Waals surface area contributed by atoms with E-state index in [1.807, 2.05) is 6.92 Å². The van der Waals surface area contributed by atoms with E-state index in [0.29, 0.717) is 11.6 Å². The second-order valence-electron chi connectivity index (χ2n) is 5.48. The molecule has 5 heteroatoms. The summed E-state index contributed by atoms with van der Waals surface area (Å²) < 4.78 is 0. The van der Waals surface area contributed by atoms with Gasteiger partial charge in [0.2, 0.25) is 0 Å². The molecule has 0 spiro atoms. The van der Waals surface area contributed by atoms with Crippen molar-refractivity contribution in [1.29, 1.82) is 0 Å². The number of nitrogens with one attached hydrogen (secondary N) is 2. The SMILES string of the molecule is CCNc1cc(C(=O)NC2CCN(C)C(C)C2)ccn1. The Morgan fingerprint density at radius 3 is 3.05 bits per heavy atom. The van der Waals surface area contributed by atoms with E-state index in [1.54, 1.807) is 18.3 Å². The molecule has 20 heavy (non-hydrogen) atoms. The Kier molecular flexibility index (Phi) is 4.95. The summed E-state index contributed by atoms with van der Waals surface area (Å²) in [5.41, 5.74) is 0.669. The smallest absolute Gasteiger partial charge is 0.251 e. The molecule has 2 N–H and O–H groups in total. The fourth-order valence-corrected chi connectivity index (χ4v) is 2.54. The molecular weight excluding hydrogens is 252 g/mol. The van der Waals surface area contributed by atoms with Crippen LogP contribution in [0.25, 0.3) is 0 Å². The van der Waals surface area contributed by atoms with Crippen LogP contribution < -0.4 is 10.6 Å². The summed E-state index contributed by atoms with van der Waals surface area (Å²) >= 11 is 0. The van der Waals surface area contributed by atoms with E-state index >= 15 is 0 Å². The van der Waals surface area contributed by atoms with Crippen LogP contribution in [0.2, 0.25) is 0 Å². The summed E-state index contributed by atoms with van der Waals surface area (Å²) in [5, 5.41) is 6.26. The monoisotopic (exact) mass is 276 g/mol. The summed E-state index contributed by atoms with van der Waals surface area (Å²) in [6.45, 7) is 6.04. The van der Waals surface area contributed by atoms with Gasteiger partial charge >= 0.3 is 0 Å². The van der Waals surface area contributed by atoms with Gasteiger partial charge in [0.15, 0.2) is 0 Å². The maximum absolute atomic E-state index is 12.3. The number of hydrogen-bond acceptors (Lipinski definition) is 4. The number of anilines is 1. The molecule has 0 bridgehead atoms. The van der Waals surface area contributed by atoms with Crippen molar-refractivity contribution in [2.45, 2.75) is 38.8 Å². The highest BCUT2D eigenvalue weighted by molar-refractivity contribution is 5.95. The van der Waals surface area contributed by atoms with Gasteiger partial charge in [-0.1, -0.05) is 0 Å². The van der Waals surface area contributed by atoms with Crippen molar-refractivity contribution < 1.29 is 4.79 Å². The number of rotatable bonds is 4. The molecule has 1 aliphatic rings. The Balaban J connectivity index is 1.96. The molecule has 1 aliphatic heterocycles. The topological polar surface area (TPSA) is 57.3 Å². The molecule has 0 radical (unpaired) electrons. The third kappa shape index (κ3) is 3.70. The zero-order valence-electron chi connectivity index (χ0n) is 12.5. The van der Waals surface area contributed by atoms with E-state index in [4.69, 9.17) is 0 Å². The number of carbonyl (C=O) groups is 1. The Morgan fingerprint density at radius 1 is 1.55 bits per heavy atom. The first-order valence-corrected chi connectivity index (χ1v) is 7.31. The molecule has 0 aliphatic carbocycles. The van der Waals surface area contributed by atoms with E-state index < -0.39 is 0 Å². The fourth-order valence-electron chi connectivity index (χ4n) is 2.54. The molecule has 2 atom stereocenters. The minimum absolute atomic E-state index is 0.00620. The average Bonchev–Trinajstić information content (AvgIpc) is 2.43. The third-order valence-corrected chi connectivity index (χ3v) is 3.92. The normalized spacial score (nSPS) is 23.4. The predicted molar refractivity (Wildman–Crippen MR) is 81.0 cm³/mol. The summed E-state index contributed by atoms with van der Waals surface area (Å²) in [7, 11) is 2.13. The van der Waals surface area contributed by atoms with Crippen LogP contribution in [0.5, 0.6) is 0 Å². The van der Waals surface area contributed by atoms with Crippen molar-refractivity contribution in [2.24, 2.45) is 0 Å². The first kappa shape index (κ1) is 14.8. The average molecular weight is 276 g/mol. The van der Waals surface area contributed by atoms with Gasteiger partial charge in [-0.2, -0.15) is 0 Å². The molecule has 110 valence electrons. The van der Waals surface area contributed by atoms with Gasteiger partial charge in [-0.3, -0.25) is 4.79 Å². The van der Waals surface area contributed by atoms with Crippen LogP contribution in [0.15, 0.2) is 18.3 Å². The summed E-state index contributed by atoms with van der Waals surface area (Å²) in [6, 6.07) is 4.35.